The number of piperidine rings is 1. The highest BCUT2D eigenvalue weighted by atomic mass is 16.2. The van der Waals surface area contributed by atoms with E-state index in [0.29, 0.717) is 13.1 Å². The van der Waals surface area contributed by atoms with Crippen molar-refractivity contribution in [3.63, 3.8) is 0 Å². The lowest BCUT2D eigenvalue weighted by molar-refractivity contribution is -0.133. The molecular formula is C14H25N5O. The fraction of sp³-hybridized carbons (Fsp3) is 0.786. The van der Waals surface area contributed by atoms with Crippen LogP contribution in [0.15, 0.2) is 6.20 Å². The molecule has 2 heterocycles. The van der Waals surface area contributed by atoms with Crippen LogP contribution in [0, 0.1) is 5.92 Å². The monoisotopic (exact) mass is 279 g/mol. The average molecular weight is 279 g/mol. The number of aryl methyl sites for hydroxylation is 1. The van der Waals surface area contributed by atoms with Gasteiger partial charge in [-0.1, -0.05) is 12.1 Å². The maximum absolute atomic E-state index is 12.2. The van der Waals surface area contributed by atoms with Crippen molar-refractivity contribution < 1.29 is 4.79 Å². The zero-order valence-corrected chi connectivity index (χ0v) is 12.3. The van der Waals surface area contributed by atoms with Gasteiger partial charge in [-0.05, 0) is 44.6 Å². The Bertz CT molecular complexity index is 423. The summed E-state index contributed by atoms with van der Waals surface area (Å²) in [7, 11) is 0. The molecular weight excluding hydrogens is 254 g/mol. The zero-order chi connectivity index (χ0) is 14.4. The minimum atomic E-state index is 0.148. The van der Waals surface area contributed by atoms with Crippen LogP contribution in [0.5, 0.6) is 0 Å². The smallest absolute Gasteiger partial charge is 0.244 e. The normalized spacial score (nSPS) is 16.6. The number of rotatable bonds is 6. The number of unbranched alkanes of at least 4 members (excludes halogenated alkanes) is 1. The van der Waals surface area contributed by atoms with E-state index in [1.54, 1.807) is 4.68 Å². The first-order valence-electron chi connectivity index (χ1n) is 7.56. The Morgan fingerprint density at radius 1 is 1.40 bits per heavy atom. The molecule has 2 rings (SSSR count). The molecule has 1 saturated heterocycles. The van der Waals surface area contributed by atoms with Crippen molar-refractivity contribution in [1.82, 2.24) is 19.9 Å². The summed E-state index contributed by atoms with van der Waals surface area (Å²) in [4.78, 5) is 14.1. The number of nitrogens with zero attached hydrogens (tertiary/aromatic N) is 4. The summed E-state index contributed by atoms with van der Waals surface area (Å²) in [5.41, 5.74) is 6.41. The topological polar surface area (TPSA) is 77.0 Å². The van der Waals surface area contributed by atoms with Gasteiger partial charge in [0.25, 0.3) is 0 Å². The number of carbonyl (C=O) groups excluding carboxylic acids is 1. The first-order valence-corrected chi connectivity index (χ1v) is 7.56. The van der Waals surface area contributed by atoms with Crippen LogP contribution in [-0.4, -0.2) is 45.4 Å². The Balaban J connectivity index is 1.79. The summed E-state index contributed by atoms with van der Waals surface area (Å²) in [6, 6.07) is 0. The molecule has 6 heteroatoms. The third-order valence-electron chi connectivity index (χ3n) is 3.91. The molecule has 0 unspecified atom stereocenters. The number of carbonyl (C=O) groups is 1. The van der Waals surface area contributed by atoms with E-state index in [1.807, 2.05) is 11.1 Å². The third kappa shape index (κ3) is 4.30. The van der Waals surface area contributed by atoms with E-state index < -0.39 is 0 Å². The molecule has 1 fully saturated rings. The minimum absolute atomic E-state index is 0.148. The highest BCUT2D eigenvalue weighted by Gasteiger charge is 2.20. The van der Waals surface area contributed by atoms with Gasteiger partial charge in [0, 0.05) is 19.3 Å². The molecule has 0 spiro atoms. The van der Waals surface area contributed by atoms with E-state index in [0.717, 1.165) is 56.8 Å². The molecule has 0 atom stereocenters. The SMILES string of the molecule is CC1CCN(C(=O)Cn2cc(CCCCN)nn2)CC1. The van der Waals surface area contributed by atoms with E-state index in [-0.39, 0.29) is 5.91 Å². The van der Waals surface area contributed by atoms with Crippen molar-refractivity contribution >= 4 is 5.91 Å². The van der Waals surface area contributed by atoms with Crippen LogP contribution < -0.4 is 5.73 Å². The average Bonchev–Trinajstić information content (AvgIpc) is 2.87. The first-order chi connectivity index (χ1) is 9.69. The quantitative estimate of drug-likeness (QED) is 0.782. The standard InChI is InChI=1S/C14H25N5O/c1-12-5-8-18(9-6-12)14(20)11-19-10-13(16-17-19)4-2-3-7-15/h10,12H,2-9,11,15H2,1H3. The molecule has 20 heavy (non-hydrogen) atoms. The van der Waals surface area contributed by atoms with Gasteiger partial charge in [-0.2, -0.15) is 0 Å². The number of aromatic nitrogens is 3. The number of nitrogens with two attached hydrogens (primary N) is 1. The number of hydrogen-bond acceptors (Lipinski definition) is 4. The molecule has 6 nitrogen and oxygen atoms in total. The lowest BCUT2D eigenvalue weighted by Crippen LogP contribution is -2.39. The molecule has 1 aromatic rings. The van der Waals surface area contributed by atoms with Crippen LogP contribution in [0.2, 0.25) is 0 Å². The van der Waals surface area contributed by atoms with Gasteiger partial charge in [-0.25, -0.2) is 4.68 Å². The van der Waals surface area contributed by atoms with Crippen molar-refractivity contribution in [2.45, 2.75) is 45.6 Å². The minimum Gasteiger partial charge on any atom is -0.341 e. The van der Waals surface area contributed by atoms with Gasteiger partial charge in [-0.3, -0.25) is 4.79 Å². The maximum Gasteiger partial charge on any atom is 0.244 e. The fourth-order valence-corrected chi connectivity index (χ4v) is 2.48. The number of hydrogen-bond donors (Lipinski definition) is 1. The van der Waals surface area contributed by atoms with Crippen molar-refractivity contribution in [3.8, 4) is 0 Å². The summed E-state index contributed by atoms with van der Waals surface area (Å²) in [5, 5.41) is 8.13. The van der Waals surface area contributed by atoms with Crippen molar-refractivity contribution in [2.24, 2.45) is 11.7 Å². The van der Waals surface area contributed by atoms with Crippen LogP contribution in [0.4, 0.5) is 0 Å². The number of likely N-dealkylation sites (tertiary alicyclic amines) is 1. The van der Waals surface area contributed by atoms with E-state index in [1.165, 1.54) is 0 Å². The van der Waals surface area contributed by atoms with E-state index in [4.69, 9.17) is 5.73 Å². The van der Waals surface area contributed by atoms with Crippen LogP contribution in [0.25, 0.3) is 0 Å². The van der Waals surface area contributed by atoms with E-state index >= 15 is 0 Å². The van der Waals surface area contributed by atoms with E-state index in [2.05, 4.69) is 17.2 Å². The Labute approximate surface area is 120 Å². The van der Waals surface area contributed by atoms with Crippen LogP contribution >= 0.6 is 0 Å². The van der Waals surface area contributed by atoms with Gasteiger partial charge >= 0.3 is 0 Å². The molecule has 2 N–H and O–H groups in total. The summed E-state index contributed by atoms with van der Waals surface area (Å²) < 4.78 is 1.65. The highest BCUT2D eigenvalue weighted by Crippen LogP contribution is 2.16. The second-order valence-corrected chi connectivity index (χ2v) is 5.72. The van der Waals surface area contributed by atoms with Crippen molar-refractivity contribution in [3.05, 3.63) is 11.9 Å². The number of amides is 1. The lowest BCUT2D eigenvalue weighted by Gasteiger charge is -2.30. The zero-order valence-electron chi connectivity index (χ0n) is 12.3. The molecule has 1 aromatic heterocycles. The second kappa shape index (κ2) is 7.38. The summed E-state index contributed by atoms with van der Waals surface area (Å²) >= 11 is 0. The maximum atomic E-state index is 12.2. The Morgan fingerprint density at radius 3 is 2.85 bits per heavy atom. The van der Waals surface area contributed by atoms with Crippen LogP contribution in [0.1, 0.15) is 38.3 Å². The molecule has 1 amide bonds. The molecule has 1 aliphatic rings. The fourth-order valence-electron chi connectivity index (χ4n) is 2.48. The first kappa shape index (κ1) is 15.0. The highest BCUT2D eigenvalue weighted by molar-refractivity contribution is 5.75. The Kier molecular flexibility index (Phi) is 5.52. The van der Waals surface area contributed by atoms with Gasteiger partial charge < -0.3 is 10.6 Å². The van der Waals surface area contributed by atoms with Crippen molar-refractivity contribution in [2.75, 3.05) is 19.6 Å². The van der Waals surface area contributed by atoms with E-state index in [9.17, 15) is 4.79 Å². The molecule has 112 valence electrons. The largest absolute Gasteiger partial charge is 0.341 e. The molecule has 0 radical (unpaired) electrons. The van der Waals surface area contributed by atoms with Gasteiger partial charge in [0.1, 0.15) is 6.54 Å². The summed E-state index contributed by atoms with van der Waals surface area (Å²) in [6.07, 6.45) is 6.99. The molecule has 0 aliphatic carbocycles. The molecule has 1 aliphatic heterocycles. The Morgan fingerprint density at radius 2 is 2.15 bits per heavy atom. The predicted molar refractivity (Wildman–Crippen MR) is 77.0 cm³/mol. The Hall–Kier alpha value is -1.43. The van der Waals surface area contributed by atoms with Gasteiger partial charge in [0.2, 0.25) is 5.91 Å². The third-order valence-corrected chi connectivity index (χ3v) is 3.91. The van der Waals surface area contributed by atoms with Crippen molar-refractivity contribution in [1.29, 1.82) is 0 Å². The van der Waals surface area contributed by atoms with Gasteiger partial charge in [-0.15, -0.1) is 5.10 Å². The predicted octanol–water partition coefficient (Wildman–Crippen LogP) is 0.818. The summed E-state index contributed by atoms with van der Waals surface area (Å²) in [6.45, 7) is 5.00. The molecule has 0 bridgehead atoms. The van der Waals surface area contributed by atoms with Crippen LogP contribution in [0.3, 0.4) is 0 Å². The van der Waals surface area contributed by atoms with Gasteiger partial charge in [0.05, 0.1) is 5.69 Å². The molecule has 0 aromatic carbocycles. The second-order valence-electron chi connectivity index (χ2n) is 5.72. The van der Waals surface area contributed by atoms with Crippen LogP contribution in [-0.2, 0) is 17.8 Å². The molecule has 0 saturated carbocycles. The van der Waals surface area contributed by atoms with Gasteiger partial charge in [0.15, 0.2) is 0 Å². The lowest BCUT2D eigenvalue weighted by atomic mass is 9.99. The summed E-state index contributed by atoms with van der Waals surface area (Å²) in [5.74, 6) is 0.884.